The number of benzene rings is 2. The van der Waals surface area contributed by atoms with Crippen LogP contribution in [0.4, 0.5) is 5.69 Å². The van der Waals surface area contributed by atoms with Gasteiger partial charge in [0.05, 0.1) is 32.4 Å². The number of hydrogen-bond donors (Lipinski definition) is 1. The van der Waals surface area contributed by atoms with E-state index >= 15 is 0 Å². The molecular weight excluding hydrogens is 406 g/mol. The van der Waals surface area contributed by atoms with E-state index in [1.807, 2.05) is 0 Å². The van der Waals surface area contributed by atoms with E-state index in [1.54, 1.807) is 36.4 Å². The molecule has 0 saturated heterocycles. The van der Waals surface area contributed by atoms with Crippen LogP contribution in [-0.4, -0.2) is 47.6 Å². The summed E-state index contributed by atoms with van der Waals surface area (Å²) in [6.45, 7) is -0.453. The average Bonchev–Trinajstić information content (AvgIpc) is 2.65. The van der Waals surface area contributed by atoms with Gasteiger partial charge in [-0.15, -0.1) is 0 Å². The lowest BCUT2D eigenvalue weighted by Gasteiger charge is -2.21. The topological polar surface area (TPSA) is 97.3 Å². The van der Waals surface area contributed by atoms with Crippen LogP contribution in [0.3, 0.4) is 0 Å². The molecule has 150 valence electrons. The molecule has 0 aliphatic heterocycles. The predicted octanol–water partition coefficient (Wildman–Crippen LogP) is 2.27. The third-order valence-corrected chi connectivity index (χ3v) is 4.99. The zero-order valence-electron chi connectivity index (χ0n) is 15.5. The van der Waals surface area contributed by atoms with E-state index in [0.717, 1.165) is 10.6 Å². The van der Waals surface area contributed by atoms with E-state index in [2.05, 4.69) is 10.5 Å². The zero-order valence-corrected chi connectivity index (χ0v) is 17.1. The number of hydrazone groups is 1. The molecule has 2 aromatic carbocycles. The molecule has 2 aromatic rings. The van der Waals surface area contributed by atoms with Crippen molar-refractivity contribution in [2.45, 2.75) is 0 Å². The minimum atomic E-state index is -3.70. The second kappa shape index (κ2) is 9.43. The third-order valence-electron chi connectivity index (χ3n) is 3.61. The molecule has 1 N–H and O–H groups in total. The molecule has 0 fully saturated rings. The van der Waals surface area contributed by atoms with Crippen molar-refractivity contribution in [3.8, 4) is 11.5 Å². The van der Waals surface area contributed by atoms with Crippen LogP contribution >= 0.6 is 11.6 Å². The summed E-state index contributed by atoms with van der Waals surface area (Å²) in [4.78, 5) is 12.2. The third kappa shape index (κ3) is 5.86. The van der Waals surface area contributed by atoms with Gasteiger partial charge in [-0.05, 0) is 36.4 Å². The van der Waals surface area contributed by atoms with Gasteiger partial charge in [0, 0.05) is 10.6 Å². The van der Waals surface area contributed by atoms with Crippen LogP contribution in [0.25, 0.3) is 0 Å². The summed E-state index contributed by atoms with van der Waals surface area (Å²) in [7, 11) is -0.667. The van der Waals surface area contributed by atoms with Gasteiger partial charge in [-0.25, -0.2) is 13.8 Å². The van der Waals surface area contributed by atoms with Gasteiger partial charge in [0.15, 0.2) is 0 Å². The minimum absolute atomic E-state index is 0.281. The van der Waals surface area contributed by atoms with Gasteiger partial charge in [-0.3, -0.25) is 9.10 Å². The Labute approximate surface area is 168 Å². The molecule has 0 saturated carbocycles. The molecule has 0 unspecified atom stereocenters. The number of anilines is 1. The fraction of sp³-hybridized carbons (Fsp3) is 0.222. The highest BCUT2D eigenvalue weighted by Gasteiger charge is 2.20. The van der Waals surface area contributed by atoms with Crippen molar-refractivity contribution in [3.05, 3.63) is 53.1 Å². The second-order valence-corrected chi connectivity index (χ2v) is 7.99. The van der Waals surface area contributed by atoms with E-state index in [-0.39, 0.29) is 5.69 Å². The van der Waals surface area contributed by atoms with Gasteiger partial charge in [-0.1, -0.05) is 17.7 Å². The average molecular weight is 426 g/mol. The molecule has 0 heterocycles. The van der Waals surface area contributed by atoms with Gasteiger partial charge >= 0.3 is 0 Å². The second-order valence-electron chi connectivity index (χ2n) is 5.65. The molecule has 1 amide bonds. The normalized spacial score (nSPS) is 11.3. The molecule has 10 heteroatoms. The number of nitrogens with zero attached hydrogens (tertiary/aromatic N) is 2. The minimum Gasteiger partial charge on any atom is -0.497 e. The monoisotopic (exact) mass is 425 g/mol. The fourth-order valence-electron chi connectivity index (χ4n) is 2.31. The molecule has 0 atom stereocenters. The SMILES string of the molecule is COc1ccc(OC)c(/C=N\NC(=O)CN(c2cccc(Cl)c2)S(C)(=O)=O)c1. The molecule has 28 heavy (non-hydrogen) atoms. The highest BCUT2D eigenvalue weighted by molar-refractivity contribution is 7.92. The summed E-state index contributed by atoms with van der Waals surface area (Å²) in [6, 6.07) is 11.3. The first-order valence-corrected chi connectivity index (χ1v) is 10.2. The Balaban J connectivity index is 2.13. The van der Waals surface area contributed by atoms with Crippen molar-refractivity contribution in [2.24, 2.45) is 5.10 Å². The smallest absolute Gasteiger partial charge is 0.260 e. The maximum Gasteiger partial charge on any atom is 0.260 e. The maximum absolute atomic E-state index is 12.2. The Hall–Kier alpha value is -2.78. The van der Waals surface area contributed by atoms with Crippen LogP contribution in [0.1, 0.15) is 5.56 Å². The Morgan fingerprint density at radius 2 is 1.96 bits per heavy atom. The molecule has 0 aliphatic carbocycles. The van der Waals surface area contributed by atoms with E-state index in [1.165, 1.54) is 26.5 Å². The van der Waals surface area contributed by atoms with Crippen LogP contribution in [-0.2, 0) is 14.8 Å². The number of methoxy groups -OCH3 is 2. The number of hydrogen-bond acceptors (Lipinski definition) is 6. The summed E-state index contributed by atoms with van der Waals surface area (Å²) < 4.78 is 35.4. The van der Waals surface area contributed by atoms with Crippen LogP contribution < -0.4 is 19.2 Å². The summed E-state index contributed by atoms with van der Waals surface area (Å²) in [5.74, 6) is 0.511. The van der Waals surface area contributed by atoms with Crippen molar-refractivity contribution in [3.63, 3.8) is 0 Å². The fourth-order valence-corrected chi connectivity index (χ4v) is 3.34. The predicted molar refractivity (Wildman–Crippen MR) is 109 cm³/mol. The lowest BCUT2D eigenvalue weighted by Crippen LogP contribution is -2.39. The number of ether oxygens (including phenoxy) is 2. The molecule has 0 radical (unpaired) electrons. The summed E-state index contributed by atoms with van der Waals surface area (Å²) in [5.41, 5.74) is 3.16. The molecule has 8 nitrogen and oxygen atoms in total. The molecule has 0 spiro atoms. The summed E-state index contributed by atoms with van der Waals surface area (Å²) in [5, 5.41) is 4.22. The molecule has 0 bridgehead atoms. The Kier molecular flexibility index (Phi) is 7.24. The van der Waals surface area contributed by atoms with E-state index in [4.69, 9.17) is 21.1 Å². The molecular formula is C18H20ClN3O5S. The highest BCUT2D eigenvalue weighted by Crippen LogP contribution is 2.23. The van der Waals surface area contributed by atoms with Crippen molar-refractivity contribution in [1.82, 2.24) is 5.43 Å². The van der Waals surface area contributed by atoms with Gasteiger partial charge in [0.25, 0.3) is 5.91 Å². The van der Waals surface area contributed by atoms with Crippen LogP contribution in [0.15, 0.2) is 47.6 Å². The Morgan fingerprint density at radius 3 is 2.57 bits per heavy atom. The standard InChI is InChI=1S/C18H20ClN3O5S/c1-26-16-7-8-17(27-2)13(9-16)11-20-21-18(23)12-22(28(3,24)25)15-6-4-5-14(19)10-15/h4-11H,12H2,1-3H3,(H,21,23)/b20-11-. The van der Waals surface area contributed by atoms with Crippen LogP contribution in [0.2, 0.25) is 5.02 Å². The maximum atomic E-state index is 12.2. The van der Waals surface area contributed by atoms with Crippen molar-refractivity contribution in [1.29, 1.82) is 0 Å². The lowest BCUT2D eigenvalue weighted by atomic mass is 10.2. The summed E-state index contributed by atoms with van der Waals surface area (Å²) in [6.07, 6.45) is 2.38. The number of carbonyl (C=O) groups excluding carboxylic acids is 1. The van der Waals surface area contributed by atoms with Gasteiger partial charge in [0.2, 0.25) is 10.0 Å². The number of halogens is 1. The molecule has 0 aliphatic rings. The van der Waals surface area contributed by atoms with Crippen LogP contribution in [0.5, 0.6) is 11.5 Å². The molecule has 0 aromatic heterocycles. The van der Waals surface area contributed by atoms with Crippen molar-refractivity contribution >= 4 is 39.4 Å². The van der Waals surface area contributed by atoms with Gasteiger partial charge < -0.3 is 9.47 Å². The number of nitrogens with one attached hydrogen (secondary N) is 1. The number of rotatable bonds is 8. The first-order valence-electron chi connectivity index (χ1n) is 8.02. The summed E-state index contributed by atoms with van der Waals surface area (Å²) >= 11 is 5.91. The van der Waals surface area contributed by atoms with Crippen molar-refractivity contribution < 1.29 is 22.7 Å². The zero-order chi connectivity index (χ0) is 20.7. The first-order chi connectivity index (χ1) is 13.2. The Morgan fingerprint density at radius 1 is 1.21 bits per heavy atom. The van der Waals surface area contributed by atoms with E-state index < -0.39 is 22.5 Å². The lowest BCUT2D eigenvalue weighted by molar-refractivity contribution is -0.119. The largest absolute Gasteiger partial charge is 0.497 e. The van der Waals surface area contributed by atoms with Gasteiger partial charge in [0.1, 0.15) is 18.0 Å². The van der Waals surface area contributed by atoms with Gasteiger partial charge in [-0.2, -0.15) is 5.10 Å². The first kappa shape index (κ1) is 21.5. The van der Waals surface area contributed by atoms with Crippen molar-refractivity contribution in [2.75, 3.05) is 31.3 Å². The highest BCUT2D eigenvalue weighted by atomic mass is 35.5. The molecule has 2 rings (SSSR count). The quantitative estimate of drug-likeness (QED) is 0.517. The van der Waals surface area contributed by atoms with E-state index in [9.17, 15) is 13.2 Å². The number of amides is 1. The Bertz CT molecular complexity index is 979. The number of sulfonamides is 1. The van der Waals surface area contributed by atoms with Crippen LogP contribution in [0, 0.1) is 0 Å². The number of carbonyl (C=O) groups is 1. The van der Waals surface area contributed by atoms with E-state index in [0.29, 0.717) is 22.1 Å².